The Kier molecular flexibility index (Phi) is 2.04. The van der Waals surface area contributed by atoms with Crippen LogP contribution in [0.3, 0.4) is 0 Å². The van der Waals surface area contributed by atoms with E-state index in [2.05, 4.69) is 0 Å². The minimum absolute atomic E-state index is 0.281. The Morgan fingerprint density at radius 1 is 1.62 bits per heavy atom. The molecule has 1 heterocycles. The van der Waals surface area contributed by atoms with Crippen LogP contribution in [-0.2, 0) is 11.2 Å². The molecule has 0 bridgehead atoms. The number of carbonyl (C=O) groups is 1. The highest BCUT2D eigenvalue weighted by atomic mass is 32.2. The Labute approximate surface area is 81.0 Å². The van der Waals surface area contributed by atoms with E-state index in [9.17, 15) is 4.79 Å². The number of aryl methyl sites for hydroxylation is 1. The van der Waals surface area contributed by atoms with Gasteiger partial charge in [0, 0.05) is 4.90 Å². The second-order valence-corrected chi connectivity index (χ2v) is 4.45. The van der Waals surface area contributed by atoms with Gasteiger partial charge < -0.3 is 5.11 Å². The largest absolute Gasteiger partial charge is 0.480 e. The summed E-state index contributed by atoms with van der Waals surface area (Å²) in [5.41, 5.74) is 2.41. The van der Waals surface area contributed by atoms with Gasteiger partial charge in [-0.2, -0.15) is 0 Å². The fraction of sp³-hybridized carbons (Fsp3) is 0.300. The van der Waals surface area contributed by atoms with Crippen LogP contribution in [0, 0.1) is 6.92 Å². The summed E-state index contributed by atoms with van der Waals surface area (Å²) in [5, 5.41) is 8.57. The van der Waals surface area contributed by atoms with Crippen molar-refractivity contribution in [3.8, 4) is 0 Å². The van der Waals surface area contributed by atoms with Crippen LogP contribution in [0.25, 0.3) is 0 Å². The molecule has 1 aromatic rings. The normalized spacial score (nSPS) is 19.9. The van der Waals surface area contributed by atoms with Crippen molar-refractivity contribution < 1.29 is 9.90 Å². The maximum Gasteiger partial charge on any atom is 0.317 e. The molecule has 0 fully saturated rings. The lowest BCUT2D eigenvalue weighted by Crippen LogP contribution is -2.14. The lowest BCUT2D eigenvalue weighted by molar-refractivity contribution is -0.136. The number of carboxylic acid groups (broad SMARTS) is 1. The van der Waals surface area contributed by atoms with E-state index in [0.29, 0.717) is 6.42 Å². The van der Waals surface area contributed by atoms with Gasteiger partial charge in [0.15, 0.2) is 0 Å². The van der Waals surface area contributed by atoms with E-state index < -0.39 is 5.97 Å². The molecule has 1 atom stereocenters. The maximum absolute atomic E-state index is 10.8. The monoisotopic (exact) mass is 194 g/mol. The Bertz CT molecular complexity index is 360. The predicted octanol–water partition coefficient (Wildman–Crippen LogP) is 2.10. The summed E-state index contributed by atoms with van der Waals surface area (Å²) < 4.78 is 0. The van der Waals surface area contributed by atoms with Crippen LogP contribution in [0.1, 0.15) is 11.1 Å². The van der Waals surface area contributed by atoms with Crippen LogP contribution in [0.2, 0.25) is 0 Å². The van der Waals surface area contributed by atoms with E-state index in [0.717, 1.165) is 4.90 Å². The van der Waals surface area contributed by atoms with Crippen molar-refractivity contribution in [2.24, 2.45) is 0 Å². The van der Waals surface area contributed by atoms with Crippen LogP contribution in [0.15, 0.2) is 23.1 Å². The van der Waals surface area contributed by atoms with Crippen molar-refractivity contribution in [1.29, 1.82) is 0 Å². The van der Waals surface area contributed by atoms with Gasteiger partial charge in [0.1, 0.15) is 5.25 Å². The highest BCUT2D eigenvalue weighted by Gasteiger charge is 2.28. The summed E-state index contributed by atoms with van der Waals surface area (Å²) >= 11 is 1.46. The molecular weight excluding hydrogens is 184 g/mol. The van der Waals surface area contributed by atoms with Gasteiger partial charge in [-0.05, 0) is 30.5 Å². The molecule has 3 heteroatoms. The molecule has 13 heavy (non-hydrogen) atoms. The third kappa shape index (κ3) is 1.44. The van der Waals surface area contributed by atoms with Crippen LogP contribution >= 0.6 is 11.8 Å². The lowest BCUT2D eigenvalue weighted by atomic mass is 10.0. The quantitative estimate of drug-likeness (QED) is 0.743. The third-order valence-electron chi connectivity index (χ3n) is 2.30. The van der Waals surface area contributed by atoms with Gasteiger partial charge in [0.05, 0.1) is 0 Å². The Balaban J connectivity index is 2.35. The van der Waals surface area contributed by atoms with E-state index in [4.69, 9.17) is 5.11 Å². The fourth-order valence-corrected chi connectivity index (χ4v) is 2.77. The number of fused-ring (bicyclic) bond motifs is 1. The molecular formula is C10H10O2S. The van der Waals surface area contributed by atoms with Crippen molar-refractivity contribution in [2.75, 3.05) is 0 Å². The first-order valence-electron chi connectivity index (χ1n) is 4.16. The topological polar surface area (TPSA) is 37.3 Å². The first kappa shape index (κ1) is 8.63. The van der Waals surface area contributed by atoms with Crippen molar-refractivity contribution >= 4 is 17.7 Å². The van der Waals surface area contributed by atoms with Crippen molar-refractivity contribution in [3.05, 3.63) is 29.3 Å². The van der Waals surface area contributed by atoms with Gasteiger partial charge in [-0.1, -0.05) is 12.1 Å². The molecule has 0 saturated carbocycles. The van der Waals surface area contributed by atoms with Crippen molar-refractivity contribution in [2.45, 2.75) is 23.5 Å². The number of carboxylic acids is 1. The second-order valence-electron chi connectivity index (χ2n) is 3.20. The molecule has 68 valence electrons. The highest BCUT2D eigenvalue weighted by Crippen LogP contribution is 2.38. The third-order valence-corrected chi connectivity index (χ3v) is 3.59. The number of rotatable bonds is 1. The fourth-order valence-electron chi connectivity index (χ4n) is 1.57. The molecule has 2 nitrogen and oxygen atoms in total. The number of aliphatic carboxylic acids is 1. The zero-order valence-electron chi connectivity index (χ0n) is 7.28. The summed E-state index contributed by atoms with van der Waals surface area (Å²) in [6.45, 7) is 2.03. The lowest BCUT2D eigenvalue weighted by Gasteiger charge is -2.00. The maximum atomic E-state index is 10.8. The second kappa shape index (κ2) is 3.07. The molecule has 0 spiro atoms. The minimum Gasteiger partial charge on any atom is -0.480 e. The first-order valence-corrected chi connectivity index (χ1v) is 5.04. The summed E-state index contributed by atoms with van der Waals surface area (Å²) in [5.74, 6) is -0.708. The minimum atomic E-state index is -0.708. The number of hydrogen-bond donors (Lipinski definition) is 1. The highest BCUT2D eigenvalue weighted by molar-refractivity contribution is 8.01. The molecule has 2 rings (SSSR count). The zero-order chi connectivity index (χ0) is 9.42. The zero-order valence-corrected chi connectivity index (χ0v) is 8.10. The molecule has 0 aromatic heterocycles. The predicted molar refractivity (Wildman–Crippen MR) is 52.2 cm³/mol. The molecule has 0 aliphatic carbocycles. The van der Waals surface area contributed by atoms with Crippen LogP contribution in [-0.4, -0.2) is 16.3 Å². The summed E-state index contributed by atoms with van der Waals surface area (Å²) in [4.78, 5) is 11.9. The van der Waals surface area contributed by atoms with Gasteiger partial charge >= 0.3 is 5.97 Å². The van der Waals surface area contributed by atoms with Gasteiger partial charge in [0.2, 0.25) is 0 Å². The molecule has 1 N–H and O–H groups in total. The van der Waals surface area contributed by atoms with E-state index >= 15 is 0 Å². The summed E-state index contributed by atoms with van der Waals surface area (Å²) in [7, 11) is 0. The van der Waals surface area contributed by atoms with Crippen LogP contribution < -0.4 is 0 Å². The van der Waals surface area contributed by atoms with Gasteiger partial charge in [-0.15, -0.1) is 11.8 Å². The van der Waals surface area contributed by atoms with E-state index in [1.165, 1.54) is 22.9 Å². The SMILES string of the molecule is Cc1cccc2c1CC(C(=O)O)S2. The average molecular weight is 194 g/mol. The summed E-state index contributed by atoms with van der Waals surface area (Å²) in [6, 6.07) is 6.00. The molecule has 0 radical (unpaired) electrons. The van der Waals surface area contributed by atoms with Gasteiger partial charge in [0.25, 0.3) is 0 Å². The van der Waals surface area contributed by atoms with Crippen molar-refractivity contribution in [3.63, 3.8) is 0 Å². The van der Waals surface area contributed by atoms with Crippen LogP contribution in [0.5, 0.6) is 0 Å². The molecule has 1 aliphatic heterocycles. The Hall–Kier alpha value is -0.960. The van der Waals surface area contributed by atoms with E-state index in [1.807, 2.05) is 25.1 Å². The molecule has 1 aromatic carbocycles. The number of benzene rings is 1. The van der Waals surface area contributed by atoms with Crippen molar-refractivity contribution in [1.82, 2.24) is 0 Å². The Morgan fingerprint density at radius 2 is 2.38 bits per heavy atom. The van der Waals surface area contributed by atoms with Gasteiger partial charge in [-0.3, -0.25) is 4.79 Å². The number of hydrogen-bond acceptors (Lipinski definition) is 2. The average Bonchev–Trinajstić information content (AvgIpc) is 2.49. The smallest absolute Gasteiger partial charge is 0.317 e. The number of thioether (sulfide) groups is 1. The van der Waals surface area contributed by atoms with Crippen LogP contribution in [0.4, 0.5) is 0 Å². The molecule has 0 saturated heterocycles. The van der Waals surface area contributed by atoms with E-state index in [1.54, 1.807) is 0 Å². The Morgan fingerprint density at radius 3 is 3.00 bits per heavy atom. The molecule has 0 amide bonds. The molecule has 1 unspecified atom stereocenters. The summed E-state index contributed by atoms with van der Waals surface area (Å²) in [6.07, 6.45) is 0.669. The standard InChI is InChI=1S/C10H10O2S/c1-6-3-2-4-8-7(6)5-9(13-8)10(11)12/h2-4,9H,5H2,1H3,(H,11,12). The molecule has 1 aliphatic rings. The first-order chi connectivity index (χ1) is 6.18. The van der Waals surface area contributed by atoms with Gasteiger partial charge in [-0.25, -0.2) is 0 Å². The van der Waals surface area contributed by atoms with E-state index in [-0.39, 0.29) is 5.25 Å².